The van der Waals surface area contributed by atoms with Gasteiger partial charge < -0.3 is 14.5 Å². The highest BCUT2D eigenvalue weighted by Crippen LogP contribution is 2.34. The van der Waals surface area contributed by atoms with Gasteiger partial charge in [-0.2, -0.15) is 0 Å². The second-order valence-electron chi connectivity index (χ2n) is 10.1. The fraction of sp³-hybridized carbons (Fsp3) is 0.630. The van der Waals surface area contributed by atoms with Gasteiger partial charge in [-0.25, -0.2) is 4.68 Å². The summed E-state index contributed by atoms with van der Waals surface area (Å²) in [4.78, 5) is 18.6. The molecule has 3 heterocycles. The summed E-state index contributed by atoms with van der Waals surface area (Å²) in [5, 5.41) is 14.0. The number of nitrogens with zero attached hydrogens (tertiary/aromatic N) is 5. The van der Waals surface area contributed by atoms with Crippen LogP contribution in [-0.4, -0.2) is 56.0 Å². The van der Waals surface area contributed by atoms with Crippen molar-refractivity contribution >= 4 is 10.9 Å². The van der Waals surface area contributed by atoms with Crippen LogP contribution in [-0.2, 0) is 11.3 Å². The van der Waals surface area contributed by atoms with Crippen molar-refractivity contribution in [2.75, 3.05) is 19.8 Å². The molecule has 3 aromatic rings. The summed E-state index contributed by atoms with van der Waals surface area (Å²) >= 11 is 0. The van der Waals surface area contributed by atoms with Gasteiger partial charge in [0.05, 0.1) is 24.8 Å². The molecule has 36 heavy (non-hydrogen) atoms. The Hall–Kier alpha value is -2.78. The van der Waals surface area contributed by atoms with Crippen LogP contribution >= 0.6 is 0 Å². The van der Waals surface area contributed by atoms with E-state index >= 15 is 0 Å². The van der Waals surface area contributed by atoms with Crippen LogP contribution < -0.4 is 10.3 Å². The Labute approximate surface area is 212 Å². The van der Waals surface area contributed by atoms with Crippen LogP contribution in [0.25, 0.3) is 10.9 Å². The second-order valence-corrected chi connectivity index (χ2v) is 10.1. The number of ether oxygens (including phenoxy) is 2. The molecule has 0 spiro atoms. The smallest absolute Gasteiger partial charge is 0.252 e. The number of rotatable bonds is 11. The third kappa shape index (κ3) is 5.47. The third-order valence-corrected chi connectivity index (χ3v) is 7.53. The summed E-state index contributed by atoms with van der Waals surface area (Å²) in [6, 6.07) is 8.17. The topological polar surface area (TPSA) is 98.2 Å². The number of aromatic nitrogens is 5. The Balaban J connectivity index is 1.50. The van der Waals surface area contributed by atoms with Gasteiger partial charge in [-0.15, -0.1) is 5.10 Å². The van der Waals surface area contributed by atoms with Crippen LogP contribution in [0.2, 0.25) is 0 Å². The Kier molecular flexibility index (Phi) is 7.96. The molecule has 9 nitrogen and oxygen atoms in total. The maximum absolute atomic E-state index is 13.2. The van der Waals surface area contributed by atoms with Gasteiger partial charge in [-0.1, -0.05) is 26.2 Å². The van der Waals surface area contributed by atoms with Crippen molar-refractivity contribution in [3.05, 3.63) is 46.0 Å². The van der Waals surface area contributed by atoms with E-state index in [1.165, 1.54) is 12.8 Å². The van der Waals surface area contributed by atoms with Gasteiger partial charge in [0.25, 0.3) is 5.56 Å². The number of hydrogen-bond donors (Lipinski definition) is 1. The van der Waals surface area contributed by atoms with Crippen molar-refractivity contribution in [3.63, 3.8) is 0 Å². The summed E-state index contributed by atoms with van der Waals surface area (Å²) in [6.45, 7) is 6.82. The van der Waals surface area contributed by atoms with Crippen molar-refractivity contribution in [1.82, 2.24) is 30.1 Å². The molecule has 5 rings (SSSR count). The summed E-state index contributed by atoms with van der Waals surface area (Å²) in [6.07, 6.45) is 8.86. The Morgan fingerprint density at radius 2 is 2.06 bits per heavy atom. The normalized spacial score (nSPS) is 19.5. The number of H-pyrrole nitrogens is 1. The van der Waals surface area contributed by atoms with Gasteiger partial charge in [0.2, 0.25) is 0 Å². The minimum atomic E-state index is -0.0605. The summed E-state index contributed by atoms with van der Waals surface area (Å²) < 4.78 is 13.8. The molecule has 2 aliphatic rings. The molecule has 1 aliphatic carbocycles. The van der Waals surface area contributed by atoms with Gasteiger partial charge in [0.15, 0.2) is 5.82 Å². The molecule has 2 atom stereocenters. The molecule has 0 unspecified atom stereocenters. The number of benzene rings is 1. The van der Waals surface area contributed by atoms with Crippen LogP contribution in [0.5, 0.6) is 5.75 Å². The van der Waals surface area contributed by atoms with E-state index in [0.29, 0.717) is 19.2 Å². The molecule has 0 bridgehead atoms. The van der Waals surface area contributed by atoms with Crippen molar-refractivity contribution in [3.8, 4) is 5.75 Å². The highest BCUT2D eigenvalue weighted by atomic mass is 16.5. The molecule has 1 saturated heterocycles. The first-order valence-electron chi connectivity index (χ1n) is 13.6. The average molecular weight is 495 g/mol. The molecule has 0 amide bonds. The lowest BCUT2D eigenvalue weighted by Crippen LogP contribution is -2.38. The second kappa shape index (κ2) is 11.5. The minimum Gasteiger partial charge on any atom is -0.494 e. The van der Waals surface area contributed by atoms with E-state index < -0.39 is 0 Å². The van der Waals surface area contributed by atoms with Crippen molar-refractivity contribution in [2.24, 2.45) is 0 Å². The average Bonchev–Trinajstić information content (AvgIpc) is 3.66. The third-order valence-electron chi connectivity index (χ3n) is 7.53. The van der Waals surface area contributed by atoms with E-state index in [9.17, 15) is 4.79 Å². The van der Waals surface area contributed by atoms with E-state index in [2.05, 4.69) is 37.0 Å². The first kappa shape index (κ1) is 24.9. The number of nitrogens with one attached hydrogen (secondary N) is 1. The van der Waals surface area contributed by atoms with Gasteiger partial charge in [-0.05, 0) is 73.7 Å². The Morgan fingerprint density at radius 3 is 2.81 bits per heavy atom. The number of hydrogen-bond acceptors (Lipinski definition) is 7. The Morgan fingerprint density at radius 1 is 1.19 bits per heavy atom. The summed E-state index contributed by atoms with van der Waals surface area (Å²) in [5.74, 6) is 1.72. The first-order valence-corrected chi connectivity index (χ1v) is 13.6. The van der Waals surface area contributed by atoms with Crippen LogP contribution in [0.1, 0.15) is 88.7 Å². The standard InChI is InChI=1S/C27H38N6O3/c1-3-8-25(26-29-30-31-33(26)21-9-5-6-10-21)32(18-23-11-7-14-36-23)17-20-15-19-16-22(35-4-2)12-13-24(19)28-27(20)34/h12-13,15-16,21,23,25H,3-11,14,17-18H2,1-2H3,(H,28,34)/t23-,25-/m0/s1. The molecule has 0 radical (unpaired) electrons. The van der Waals surface area contributed by atoms with Gasteiger partial charge in [0, 0.05) is 36.2 Å². The van der Waals surface area contributed by atoms with Gasteiger partial charge >= 0.3 is 0 Å². The molecule has 9 heteroatoms. The van der Waals surface area contributed by atoms with Crippen molar-refractivity contribution in [2.45, 2.75) is 89.9 Å². The largest absolute Gasteiger partial charge is 0.494 e. The molecular formula is C27H38N6O3. The quantitative estimate of drug-likeness (QED) is 0.417. The van der Waals surface area contributed by atoms with Crippen LogP contribution in [0, 0.1) is 0 Å². The zero-order valence-electron chi connectivity index (χ0n) is 21.5. The maximum atomic E-state index is 13.2. The van der Waals surface area contributed by atoms with E-state index in [4.69, 9.17) is 9.47 Å². The molecule has 1 aromatic carbocycles. The zero-order chi connectivity index (χ0) is 24.9. The van der Waals surface area contributed by atoms with Crippen molar-refractivity contribution < 1.29 is 9.47 Å². The summed E-state index contributed by atoms with van der Waals surface area (Å²) in [5.41, 5.74) is 1.48. The maximum Gasteiger partial charge on any atom is 0.252 e. The highest BCUT2D eigenvalue weighted by Gasteiger charge is 2.32. The predicted molar refractivity (Wildman–Crippen MR) is 138 cm³/mol. The molecule has 1 N–H and O–H groups in total. The van der Waals surface area contributed by atoms with Crippen LogP contribution in [0.4, 0.5) is 0 Å². The molecular weight excluding hydrogens is 456 g/mol. The van der Waals surface area contributed by atoms with Gasteiger partial charge in [0.1, 0.15) is 5.75 Å². The van der Waals surface area contributed by atoms with Crippen LogP contribution in [0.15, 0.2) is 29.1 Å². The van der Waals surface area contributed by atoms with E-state index in [1.807, 2.05) is 31.2 Å². The molecule has 2 aromatic heterocycles. The van der Waals surface area contributed by atoms with Crippen molar-refractivity contribution in [1.29, 1.82) is 0 Å². The lowest BCUT2D eigenvalue weighted by Gasteiger charge is -2.33. The van der Waals surface area contributed by atoms with E-state index in [-0.39, 0.29) is 17.7 Å². The molecule has 1 aliphatic heterocycles. The summed E-state index contributed by atoms with van der Waals surface area (Å²) in [7, 11) is 0. The predicted octanol–water partition coefficient (Wildman–Crippen LogP) is 4.55. The molecule has 2 fully saturated rings. The first-order chi connectivity index (χ1) is 17.7. The van der Waals surface area contributed by atoms with Crippen LogP contribution in [0.3, 0.4) is 0 Å². The number of fused-ring (bicyclic) bond motifs is 1. The SMILES string of the molecule is CCC[C@@H](c1nnnn1C1CCCC1)N(Cc1cc2cc(OCC)ccc2[nH]c1=O)C[C@@H]1CCCO1. The minimum absolute atomic E-state index is 0.0136. The molecule has 1 saturated carbocycles. The molecule has 194 valence electrons. The fourth-order valence-corrected chi connectivity index (χ4v) is 5.75. The Bertz CT molecular complexity index is 1200. The number of pyridine rings is 1. The number of tetrazole rings is 1. The van der Waals surface area contributed by atoms with Gasteiger partial charge in [-0.3, -0.25) is 9.69 Å². The lowest BCUT2D eigenvalue weighted by atomic mass is 10.0. The number of aromatic amines is 1. The highest BCUT2D eigenvalue weighted by molar-refractivity contribution is 5.80. The van der Waals surface area contributed by atoms with E-state index in [0.717, 1.165) is 79.7 Å². The fourth-order valence-electron chi connectivity index (χ4n) is 5.75. The van der Waals surface area contributed by atoms with E-state index in [1.54, 1.807) is 0 Å². The monoisotopic (exact) mass is 494 g/mol. The lowest BCUT2D eigenvalue weighted by molar-refractivity contribution is 0.0471. The zero-order valence-corrected chi connectivity index (χ0v) is 21.5.